The van der Waals surface area contributed by atoms with Crippen molar-refractivity contribution in [3.63, 3.8) is 0 Å². The van der Waals surface area contributed by atoms with Crippen LogP contribution in [0, 0.1) is 11.3 Å². The Balaban J connectivity index is 1.64. The van der Waals surface area contributed by atoms with E-state index in [1.807, 2.05) is 24.3 Å². The summed E-state index contributed by atoms with van der Waals surface area (Å²) in [4.78, 5) is 11.9. The molecule has 2 rings (SSSR count). The van der Waals surface area contributed by atoms with E-state index in [9.17, 15) is 4.79 Å². The van der Waals surface area contributed by atoms with Crippen LogP contribution in [0.5, 0.6) is 5.75 Å². The molecule has 0 spiro atoms. The van der Waals surface area contributed by atoms with Gasteiger partial charge in [0.1, 0.15) is 5.75 Å². The smallest absolute Gasteiger partial charge is 0.315 e. The molecule has 0 unspecified atom stereocenters. The normalized spacial score (nSPS) is 20.9. The lowest BCUT2D eigenvalue weighted by Gasteiger charge is -2.39. The minimum atomic E-state index is -0.0740. The molecule has 0 radical (unpaired) electrons. The highest BCUT2D eigenvalue weighted by Gasteiger charge is 2.32. The third-order valence-electron chi connectivity index (χ3n) is 4.08. The molecule has 4 nitrogen and oxygen atoms in total. The molecular weight excluding hydrogens is 276 g/mol. The van der Waals surface area contributed by atoms with E-state index in [0.29, 0.717) is 18.0 Å². The first kappa shape index (κ1) is 16.7. The molecular formula is C18H28N2O2. The Kier molecular flexibility index (Phi) is 5.33. The molecule has 1 aromatic carbocycles. The minimum absolute atomic E-state index is 0.0740. The number of amides is 2. The molecule has 4 heteroatoms. The van der Waals surface area contributed by atoms with Gasteiger partial charge >= 0.3 is 6.03 Å². The Hall–Kier alpha value is -1.71. The molecule has 122 valence electrons. The number of ether oxygens (including phenoxy) is 1. The predicted octanol–water partition coefficient (Wildman–Crippen LogP) is 3.71. The maximum Gasteiger partial charge on any atom is 0.315 e. The van der Waals surface area contributed by atoms with Crippen molar-refractivity contribution in [1.82, 2.24) is 10.6 Å². The van der Waals surface area contributed by atoms with Crippen LogP contribution in [0.4, 0.5) is 4.79 Å². The van der Waals surface area contributed by atoms with Crippen LogP contribution in [0.25, 0.3) is 0 Å². The number of carbonyl (C=O) groups excluding carboxylic acids is 1. The number of nitrogens with one attached hydrogen (secondary N) is 2. The molecule has 0 aromatic heterocycles. The standard InChI is InChI=1S/C18H28N2O2/c1-18(2,3)11-14-9-15(10-14)20-17(21)19-12-13-5-7-16(22-4)8-6-13/h5-8,14-15H,9-12H2,1-4H3,(H2,19,20,21)/t14-,15+. The lowest BCUT2D eigenvalue weighted by Crippen LogP contribution is -2.48. The predicted molar refractivity (Wildman–Crippen MR) is 88.9 cm³/mol. The van der Waals surface area contributed by atoms with Crippen LogP contribution in [-0.2, 0) is 6.54 Å². The molecule has 1 saturated carbocycles. The number of urea groups is 1. The van der Waals surface area contributed by atoms with E-state index in [1.54, 1.807) is 7.11 Å². The quantitative estimate of drug-likeness (QED) is 0.871. The van der Waals surface area contributed by atoms with Gasteiger partial charge in [-0.05, 0) is 48.3 Å². The molecule has 2 N–H and O–H groups in total. The third kappa shape index (κ3) is 5.24. The Morgan fingerprint density at radius 3 is 2.41 bits per heavy atom. The minimum Gasteiger partial charge on any atom is -0.497 e. The van der Waals surface area contributed by atoms with Crippen molar-refractivity contribution in [3.8, 4) is 5.75 Å². The van der Waals surface area contributed by atoms with Crippen molar-refractivity contribution in [2.24, 2.45) is 11.3 Å². The molecule has 0 heterocycles. The molecule has 2 amide bonds. The molecule has 22 heavy (non-hydrogen) atoms. The Morgan fingerprint density at radius 1 is 1.23 bits per heavy atom. The summed E-state index contributed by atoms with van der Waals surface area (Å²) in [6.45, 7) is 7.36. The SMILES string of the molecule is COc1ccc(CNC(=O)N[C@H]2C[C@@H](CC(C)(C)C)C2)cc1. The largest absolute Gasteiger partial charge is 0.497 e. The molecule has 0 bridgehead atoms. The summed E-state index contributed by atoms with van der Waals surface area (Å²) in [5, 5.41) is 5.96. The van der Waals surface area contributed by atoms with Gasteiger partial charge in [0.25, 0.3) is 0 Å². The first-order valence-corrected chi connectivity index (χ1v) is 8.03. The summed E-state index contributed by atoms with van der Waals surface area (Å²) >= 11 is 0. The van der Waals surface area contributed by atoms with E-state index in [4.69, 9.17) is 4.74 Å². The number of benzene rings is 1. The molecule has 1 aliphatic rings. The lowest BCUT2D eigenvalue weighted by atomic mass is 9.71. The van der Waals surface area contributed by atoms with Gasteiger partial charge in [0.05, 0.1) is 7.11 Å². The van der Waals surface area contributed by atoms with E-state index in [1.165, 1.54) is 6.42 Å². The molecule has 0 saturated heterocycles. The van der Waals surface area contributed by atoms with E-state index >= 15 is 0 Å². The van der Waals surface area contributed by atoms with Crippen LogP contribution >= 0.6 is 0 Å². The molecule has 0 aliphatic heterocycles. The van der Waals surface area contributed by atoms with Crippen LogP contribution in [-0.4, -0.2) is 19.2 Å². The topological polar surface area (TPSA) is 50.4 Å². The Labute approximate surface area is 133 Å². The zero-order valence-electron chi connectivity index (χ0n) is 14.1. The number of hydrogen-bond donors (Lipinski definition) is 2. The summed E-state index contributed by atoms with van der Waals surface area (Å²) in [6, 6.07) is 7.98. The summed E-state index contributed by atoms with van der Waals surface area (Å²) < 4.78 is 5.11. The number of hydrogen-bond acceptors (Lipinski definition) is 2. The zero-order chi connectivity index (χ0) is 16.2. The molecule has 1 aliphatic carbocycles. The second-order valence-electron chi connectivity index (χ2n) is 7.47. The van der Waals surface area contributed by atoms with Crippen LogP contribution in [0.15, 0.2) is 24.3 Å². The van der Waals surface area contributed by atoms with Crippen LogP contribution in [0.1, 0.15) is 45.6 Å². The second kappa shape index (κ2) is 7.03. The van der Waals surface area contributed by atoms with Crippen molar-refractivity contribution >= 4 is 6.03 Å². The average molecular weight is 304 g/mol. The van der Waals surface area contributed by atoms with Gasteiger partial charge in [-0.2, -0.15) is 0 Å². The average Bonchev–Trinajstić information content (AvgIpc) is 2.42. The van der Waals surface area contributed by atoms with Crippen molar-refractivity contribution < 1.29 is 9.53 Å². The maximum atomic E-state index is 11.9. The van der Waals surface area contributed by atoms with Crippen molar-refractivity contribution in [2.45, 2.75) is 52.6 Å². The summed E-state index contributed by atoms with van der Waals surface area (Å²) in [5.74, 6) is 1.58. The fraction of sp³-hybridized carbons (Fsp3) is 0.611. The van der Waals surface area contributed by atoms with Gasteiger partial charge in [0.2, 0.25) is 0 Å². The van der Waals surface area contributed by atoms with Crippen molar-refractivity contribution in [1.29, 1.82) is 0 Å². The molecule has 0 atom stereocenters. The molecule has 1 aromatic rings. The van der Waals surface area contributed by atoms with E-state index in [-0.39, 0.29) is 6.03 Å². The van der Waals surface area contributed by atoms with Crippen LogP contribution in [0.2, 0.25) is 0 Å². The second-order valence-corrected chi connectivity index (χ2v) is 7.47. The highest BCUT2D eigenvalue weighted by molar-refractivity contribution is 5.74. The maximum absolute atomic E-state index is 11.9. The fourth-order valence-electron chi connectivity index (χ4n) is 3.05. The van der Waals surface area contributed by atoms with Gasteiger partial charge in [-0.3, -0.25) is 0 Å². The van der Waals surface area contributed by atoms with E-state index in [0.717, 1.165) is 30.1 Å². The number of rotatable bonds is 5. The lowest BCUT2D eigenvalue weighted by molar-refractivity contribution is 0.158. The van der Waals surface area contributed by atoms with Gasteiger partial charge in [-0.25, -0.2) is 4.79 Å². The van der Waals surface area contributed by atoms with Crippen LogP contribution < -0.4 is 15.4 Å². The first-order chi connectivity index (χ1) is 10.4. The van der Waals surface area contributed by atoms with Gasteiger partial charge < -0.3 is 15.4 Å². The Bertz CT molecular complexity index is 485. The summed E-state index contributed by atoms with van der Waals surface area (Å²) in [7, 11) is 1.65. The molecule has 1 fully saturated rings. The first-order valence-electron chi connectivity index (χ1n) is 8.03. The number of carbonyl (C=O) groups is 1. The van der Waals surface area contributed by atoms with Crippen molar-refractivity contribution in [2.75, 3.05) is 7.11 Å². The van der Waals surface area contributed by atoms with E-state index in [2.05, 4.69) is 31.4 Å². The van der Waals surface area contributed by atoms with Gasteiger partial charge in [-0.15, -0.1) is 0 Å². The summed E-state index contributed by atoms with van der Waals surface area (Å²) in [5.41, 5.74) is 1.45. The van der Waals surface area contributed by atoms with Gasteiger partial charge in [-0.1, -0.05) is 32.9 Å². The monoisotopic (exact) mass is 304 g/mol. The number of methoxy groups -OCH3 is 1. The third-order valence-corrected chi connectivity index (χ3v) is 4.08. The van der Waals surface area contributed by atoms with Crippen LogP contribution in [0.3, 0.4) is 0 Å². The van der Waals surface area contributed by atoms with Crippen molar-refractivity contribution in [3.05, 3.63) is 29.8 Å². The van der Waals surface area contributed by atoms with Gasteiger partial charge in [0, 0.05) is 12.6 Å². The fourth-order valence-corrected chi connectivity index (χ4v) is 3.05. The highest BCUT2D eigenvalue weighted by atomic mass is 16.5. The highest BCUT2D eigenvalue weighted by Crippen LogP contribution is 2.37. The summed E-state index contributed by atoms with van der Waals surface area (Å²) in [6.07, 6.45) is 3.44. The zero-order valence-corrected chi connectivity index (χ0v) is 14.1. The Morgan fingerprint density at radius 2 is 1.86 bits per heavy atom. The van der Waals surface area contributed by atoms with Gasteiger partial charge in [0.15, 0.2) is 0 Å². The van der Waals surface area contributed by atoms with E-state index < -0.39 is 0 Å².